The van der Waals surface area contributed by atoms with Crippen LogP contribution < -0.4 is 0 Å². The van der Waals surface area contributed by atoms with Crippen molar-refractivity contribution < 1.29 is 13.9 Å². The highest BCUT2D eigenvalue weighted by atomic mass is 32.1. The van der Waals surface area contributed by atoms with Crippen LogP contribution in [0.25, 0.3) is 0 Å². The molecule has 0 radical (unpaired) electrons. The molecule has 3 atom stereocenters. The zero-order valence-electron chi connectivity index (χ0n) is 9.66. The maximum Gasteiger partial charge on any atom is 0.251 e. The van der Waals surface area contributed by atoms with Gasteiger partial charge in [-0.05, 0) is 23.2 Å². The maximum atomic E-state index is 13.1. The molecule has 2 aliphatic heterocycles. The van der Waals surface area contributed by atoms with Crippen molar-refractivity contribution in [1.29, 1.82) is 0 Å². The average molecular weight is 268 g/mol. The van der Waals surface area contributed by atoms with E-state index in [0.717, 1.165) is 5.56 Å². The first-order valence-electron chi connectivity index (χ1n) is 5.88. The lowest BCUT2D eigenvalue weighted by Gasteiger charge is -2.21. The fourth-order valence-corrected chi connectivity index (χ4v) is 3.00. The third kappa shape index (κ3) is 2.01. The van der Waals surface area contributed by atoms with Crippen LogP contribution in [-0.4, -0.2) is 42.5 Å². The summed E-state index contributed by atoms with van der Waals surface area (Å²) in [7, 11) is 0. The highest BCUT2D eigenvalue weighted by Gasteiger charge is 2.39. The molecule has 1 amide bonds. The Balaban J connectivity index is 1.74. The summed E-state index contributed by atoms with van der Waals surface area (Å²) in [4.78, 5) is 17.9. The number of hydrogen-bond donors (Lipinski definition) is 0. The van der Waals surface area contributed by atoms with Crippen molar-refractivity contribution in [3.63, 3.8) is 0 Å². The van der Waals surface area contributed by atoms with Crippen molar-refractivity contribution in [2.75, 3.05) is 13.1 Å². The Morgan fingerprint density at radius 1 is 1.61 bits per heavy atom. The van der Waals surface area contributed by atoms with Crippen LogP contribution in [0.3, 0.4) is 0 Å². The second-order valence-electron chi connectivity index (χ2n) is 4.48. The molecule has 0 spiro atoms. The minimum absolute atomic E-state index is 0.139. The van der Waals surface area contributed by atoms with Gasteiger partial charge in [-0.15, -0.1) is 0 Å². The molecule has 1 aromatic rings. The number of amides is 1. The van der Waals surface area contributed by atoms with Gasteiger partial charge in [-0.25, -0.2) is 9.38 Å². The van der Waals surface area contributed by atoms with Gasteiger partial charge in [-0.1, -0.05) is 0 Å². The summed E-state index contributed by atoms with van der Waals surface area (Å²) in [5, 5.41) is 3.88. The molecule has 0 unspecified atom stereocenters. The van der Waals surface area contributed by atoms with E-state index in [1.54, 1.807) is 16.2 Å². The summed E-state index contributed by atoms with van der Waals surface area (Å²) < 4.78 is 18.5. The number of aliphatic imine (C=N–C) groups is 1. The molecule has 6 heteroatoms. The van der Waals surface area contributed by atoms with E-state index >= 15 is 0 Å². The zero-order chi connectivity index (χ0) is 12.5. The van der Waals surface area contributed by atoms with E-state index in [0.29, 0.717) is 13.0 Å². The van der Waals surface area contributed by atoms with Crippen LogP contribution in [0.4, 0.5) is 4.39 Å². The van der Waals surface area contributed by atoms with Gasteiger partial charge in [-0.3, -0.25) is 4.79 Å². The number of alkyl halides is 1. The Hall–Kier alpha value is -1.43. The van der Waals surface area contributed by atoms with Gasteiger partial charge in [0, 0.05) is 12.1 Å². The molecule has 4 nitrogen and oxygen atoms in total. The number of carbonyl (C=O) groups is 1. The molecule has 1 aromatic heterocycles. The molecule has 1 fully saturated rings. The lowest BCUT2D eigenvalue weighted by molar-refractivity contribution is -0.133. The number of hydrogen-bond acceptors (Lipinski definition) is 4. The molecule has 0 aromatic carbocycles. The number of ether oxygens (including phenoxy) is 1. The van der Waals surface area contributed by atoms with Gasteiger partial charge in [0.15, 0.2) is 18.5 Å². The van der Waals surface area contributed by atoms with Crippen molar-refractivity contribution >= 4 is 23.6 Å². The van der Waals surface area contributed by atoms with Gasteiger partial charge in [0.25, 0.3) is 5.91 Å². The first-order chi connectivity index (χ1) is 8.75. The maximum absolute atomic E-state index is 13.1. The average Bonchev–Trinajstić information content (AvgIpc) is 3.08. The molecular weight excluding hydrogens is 255 g/mol. The zero-order valence-corrected chi connectivity index (χ0v) is 10.5. The molecule has 18 heavy (non-hydrogen) atoms. The molecule has 96 valence electrons. The monoisotopic (exact) mass is 268 g/mol. The SMILES string of the molecule is O=C([C@H]1N=CO[C@@H]1c1ccsc1)N1CC[C@H](F)C1. The summed E-state index contributed by atoms with van der Waals surface area (Å²) in [5.41, 5.74) is 0.951. The summed E-state index contributed by atoms with van der Waals surface area (Å²) in [6.07, 6.45) is 0.488. The molecular formula is C12H13FN2O2S. The minimum atomic E-state index is -0.903. The van der Waals surface area contributed by atoms with Gasteiger partial charge in [0.05, 0.1) is 6.54 Å². The van der Waals surface area contributed by atoms with Gasteiger partial charge in [-0.2, -0.15) is 11.3 Å². The summed E-state index contributed by atoms with van der Waals surface area (Å²) in [6, 6.07) is 1.36. The normalized spacial score (nSPS) is 30.7. The second-order valence-corrected chi connectivity index (χ2v) is 5.26. The van der Waals surface area contributed by atoms with E-state index in [9.17, 15) is 9.18 Å². The number of rotatable bonds is 2. The smallest absolute Gasteiger partial charge is 0.251 e. The largest absolute Gasteiger partial charge is 0.473 e. The van der Waals surface area contributed by atoms with Crippen molar-refractivity contribution in [3.8, 4) is 0 Å². The van der Waals surface area contributed by atoms with E-state index < -0.39 is 12.2 Å². The van der Waals surface area contributed by atoms with Crippen LogP contribution in [-0.2, 0) is 9.53 Å². The van der Waals surface area contributed by atoms with Gasteiger partial charge >= 0.3 is 0 Å². The summed E-state index contributed by atoms with van der Waals surface area (Å²) in [5.74, 6) is -0.139. The van der Waals surface area contributed by atoms with Crippen molar-refractivity contribution in [2.45, 2.75) is 24.7 Å². The van der Waals surface area contributed by atoms with Gasteiger partial charge in [0.1, 0.15) is 6.17 Å². The number of nitrogens with zero attached hydrogens (tertiary/aromatic N) is 2. The van der Waals surface area contributed by atoms with Crippen LogP contribution in [0.5, 0.6) is 0 Å². The number of halogens is 1. The fourth-order valence-electron chi connectivity index (χ4n) is 2.31. The van der Waals surface area contributed by atoms with Crippen molar-refractivity contribution in [2.24, 2.45) is 4.99 Å². The van der Waals surface area contributed by atoms with Crippen molar-refractivity contribution in [3.05, 3.63) is 22.4 Å². The molecule has 1 saturated heterocycles. The lowest BCUT2D eigenvalue weighted by atomic mass is 10.1. The predicted octanol–water partition coefficient (Wildman–Crippen LogP) is 1.79. The van der Waals surface area contributed by atoms with E-state index in [4.69, 9.17) is 4.74 Å². The second kappa shape index (κ2) is 4.68. The van der Waals surface area contributed by atoms with Crippen LogP contribution in [0.2, 0.25) is 0 Å². The standard InChI is InChI=1S/C12H13FN2O2S/c13-9-1-3-15(5-9)12(16)10-11(17-7-14-10)8-2-4-18-6-8/h2,4,6-7,9-11H,1,3,5H2/t9-,10-,11+/m0/s1. The number of thiophene rings is 1. The molecule has 3 heterocycles. The minimum Gasteiger partial charge on any atom is -0.473 e. The Labute approximate surface area is 108 Å². The highest BCUT2D eigenvalue weighted by molar-refractivity contribution is 7.08. The van der Waals surface area contributed by atoms with Crippen molar-refractivity contribution in [1.82, 2.24) is 4.90 Å². The molecule has 3 rings (SSSR count). The number of likely N-dealkylation sites (tertiary alicyclic amines) is 1. The van der Waals surface area contributed by atoms with E-state index in [-0.39, 0.29) is 18.6 Å². The summed E-state index contributed by atoms with van der Waals surface area (Å²) >= 11 is 1.55. The van der Waals surface area contributed by atoms with E-state index in [1.165, 1.54) is 6.40 Å². The molecule has 0 N–H and O–H groups in total. The molecule has 0 bridgehead atoms. The van der Waals surface area contributed by atoms with Crippen LogP contribution in [0.15, 0.2) is 21.8 Å². The first-order valence-corrected chi connectivity index (χ1v) is 6.82. The van der Waals surface area contributed by atoms with E-state index in [1.807, 2.05) is 16.8 Å². The van der Waals surface area contributed by atoms with Gasteiger partial charge in [0.2, 0.25) is 0 Å². The topological polar surface area (TPSA) is 41.9 Å². The van der Waals surface area contributed by atoms with E-state index in [2.05, 4.69) is 4.99 Å². The molecule has 0 aliphatic carbocycles. The summed E-state index contributed by atoms with van der Waals surface area (Å²) in [6.45, 7) is 0.656. The van der Waals surface area contributed by atoms with Crippen LogP contribution in [0.1, 0.15) is 18.1 Å². The Morgan fingerprint density at radius 2 is 2.50 bits per heavy atom. The van der Waals surface area contributed by atoms with Gasteiger partial charge < -0.3 is 9.64 Å². The number of carbonyl (C=O) groups excluding carboxylic acids is 1. The van der Waals surface area contributed by atoms with Crippen LogP contribution in [0, 0.1) is 0 Å². The lowest BCUT2D eigenvalue weighted by Crippen LogP contribution is -2.38. The third-order valence-corrected chi connectivity index (χ3v) is 3.98. The highest BCUT2D eigenvalue weighted by Crippen LogP contribution is 2.30. The molecule has 0 saturated carbocycles. The Bertz CT molecular complexity index is 463. The first kappa shape index (κ1) is 11.6. The Kier molecular flexibility index (Phi) is 3.03. The molecule has 2 aliphatic rings. The van der Waals surface area contributed by atoms with Crippen LogP contribution >= 0.6 is 11.3 Å². The Morgan fingerprint density at radius 3 is 3.17 bits per heavy atom. The predicted molar refractivity (Wildman–Crippen MR) is 66.5 cm³/mol. The fraction of sp³-hybridized carbons (Fsp3) is 0.500. The quantitative estimate of drug-likeness (QED) is 0.820. The third-order valence-electron chi connectivity index (χ3n) is 3.28.